The standard InChI is InChI=1S/C24H22FN5O3/c1-28-23(31)21(17-7-9-18(25)10-8-17)22(30(28)29-13-15-32-16-14-29)20-11-12-26-24(27-20)33-19-5-3-2-4-6-19/h2-12H,13-16H2,1H3. The second-order valence-corrected chi connectivity index (χ2v) is 7.55. The highest BCUT2D eigenvalue weighted by Crippen LogP contribution is 2.31. The normalized spacial score (nSPS) is 13.8. The first-order valence-electron chi connectivity index (χ1n) is 10.6. The Labute approximate surface area is 189 Å². The van der Waals surface area contributed by atoms with Gasteiger partial charge < -0.3 is 9.47 Å². The van der Waals surface area contributed by atoms with Gasteiger partial charge in [0.1, 0.15) is 17.3 Å². The van der Waals surface area contributed by atoms with E-state index in [0.717, 1.165) is 0 Å². The Kier molecular flexibility index (Phi) is 5.62. The lowest BCUT2D eigenvalue weighted by atomic mass is 10.0. The molecule has 0 bridgehead atoms. The van der Waals surface area contributed by atoms with Crippen LogP contribution in [0.25, 0.3) is 22.5 Å². The lowest BCUT2D eigenvalue weighted by Crippen LogP contribution is -2.47. The second-order valence-electron chi connectivity index (χ2n) is 7.55. The highest BCUT2D eigenvalue weighted by molar-refractivity contribution is 5.79. The van der Waals surface area contributed by atoms with Crippen molar-refractivity contribution in [1.82, 2.24) is 19.4 Å². The molecule has 5 rings (SSSR count). The number of hydrogen-bond donors (Lipinski definition) is 0. The van der Waals surface area contributed by atoms with Crippen LogP contribution in [0.1, 0.15) is 0 Å². The van der Waals surface area contributed by atoms with Crippen molar-refractivity contribution in [1.29, 1.82) is 0 Å². The molecule has 2 aromatic carbocycles. The Bertz CT molecular complexity index is 1310. The zero-order valence-electron chi connectivity index (χ0n) is 18.0. The molecule has 1 aliphatic rings. The van der Waals surface area contributed by atoms with Crippen molar-refractivity contribution in [2.24, 2.45) is 7.05 Å². The van der Waals surface area contributed by atoms with Crippen molar-refractivity contribution in [3.05, 3.63) is 83.0 Å². The van der Waals surface area contributed by atoms with Crippen molar-refractivity contribution in [3.63, 3.8) is 0 Å². The summed E-state index contributed by atoms with van der Waals surface area (Å²) < 4.78 is 26.5. The van der Waals surface area contributed by atoms with Crippen LogP contribution < -0.4 is 15.3 Å². The molecular formula is C24H22FN5O3. The van der Waals surface area contributed by atoms with Gasteiger partial charge in [-0.25, -0.2) is 14.1 Å². The van der Waals surface area contributed by atoms with Crippen LogP contribution in [-0.4, -0.2) is 45.7 Å². The summed E-state index contributed by atoms with van der Waals surface area (Å²) in [4.78, 5) is 24.1. The maximum absolute atomic E-state index is 13.6. The zero-order valence-corrected chi connectivity index (χ0v) is 18.0. The number of hydrogen-bond acceptors (Lipinski definition) is 6. The minimum absolute atomic E-state index is 0.161. The number of rotatable bonds is 5. The SMILES string of the molecule is Cn1c(=O)c(-c2ccc(F)cc2)c(-c2ccnc(Oc3ccccc3)n2)n1N1CCOCC1. The maximum Gasteiger partial charge on any atom is 0.322 e. The molecule has 4 aromatic rings. The summed E-state index contributed by atoms with van der Waals surface area (Å²) >= 11 is 0. The van der Waals surface area contributed by atoms with E-state index in [-0.39, 0.29) is 17.4 Å². The van der Waals surface area contributed by atoms with Gasteiger partial charge in [-0.1, -0.05) is 30.3 Å². The quantitative estimate of drug-likeness (QED) is 0.468. The summed E-state index contributed by atoms with van der Waals surface area (Å²) in [7, 11) is 1.71. The molecule has 8 nitrogen and oxygen atoms in total. The van der Waals surface area contributed by atoms with Crippen LogP contribution in [-0.2, 0) is 11.8 Å². The first kappa shape index (κ1) is 20.9. The van der Waals surface area contributed by atoms with E-state index in [9.17, 15) is 9.18 Å². The molecule has 1 aliphatic heterocycles. The molecule has 9 heteroatoms. The van der Waals surface area contributed by atoms with Gasteiger partial charge in [0.05, 0.1) is 37.6 Å². The van der Waals surface area contributed by atoms with E-state index >= 15 is 0 Å². The van der Waals surface area contributed by atoms with Crippen molar-refractivity contribution in [3.8, 4) is 34.3 Å². The molecule has 1 fully saturated rings. The van der Waals surface area contributed by atoms with Crippen molar-refractivity contribution in [2.75, 3.05) is 31.3 Å². The van der Waals surface area contributed by atoms with E-state index < -0.39 is 0 Å². The summed E-state index contributed by atoms with van der Waals surface area (Å²) in [5.41, 5.74) is 1.90. The molecular weight excluding hydrogens is 425 g/mol. The molecule has 0 atom stereocenters. The highest BCUT2D eigenvalue weighted by atomic mass is 19.1. The number of aromatic nitrogens is 4. The van der Waals surface area contributed by atoms with Crippen LogP contribution in [0, 0.1) is 5.82 Å². The van der Waals surface area contributed by atoms with E-state index in [2.05, 4.69) is 9.97 Å². The fourth-order valence-electron chi connectivity index (χ4n) is 3.90. The topological polar surface area (TPSA) is 74.4 Å². The van der Waals surface area contributed by atoms with Gasteiger partial charge >= 0.3 is 6.01 Å². The second kappa shape index (κ2) is 8.87. The van der Waals surface area contributed by atoms with E-state index in [0.29, 0.717) is 54.6 Å². The molecule has 0 saturated carbocycles. The van der Waals surface area contributed by atoms with Crippen LogP contribution in [0.15, 0.2) is 71.7 Å². The van der Waals surface area contributed by atoms with Gasteiger partial charge in [0.15, 0.2) is 0 Å². The Balaban J connectivity index is 1.68. The monoisotopic (exact) mass is 447 g/mol. The molecule has 0 radical (unpaired) electrons. The Hall–Kier alpha value is -3.98. The van der Waals surface area contributed by atoms with Gasteiger partial charge in [-0.2, -0.15) is 9.77 Å². The van der Waals surface area contributed by atoms with Crippen LogP contribution in [0.2, 0.25) is 0 Å². The summed E-state index contributed by atoms with van der Waals surface area (Å²) in [5.74, 6) is 0.234. The molecule has 0 aliphatic carbocycles. The molecule has 3 heterocycles. The minimum Gasteiger partial charge on any atom is -0.424 e. The Morgan fingerprint density at radius 3 is 2.45 bits per heavy atom. The molecule has 0 N–H and O–H groups in total. The zero-order chi connectivity index (χ0) is 22.8. The summed E-state index contributed by atoms with van der Waals surface area (Å²) in [5, 5.41) is 2.03. The lowest BCUT2D eigenvalue weighted by molar-refractivity contribution is 0.107. The van der Waals surface area contributed by atoms with E-state index in [4.69, 9.17) is 9.47 Å². The predicted molar refractivity (Wildman–Crippen MR) is 121 cm³/mol. The highest BCUT2D eigenvalue weighted by Gasteiger charge is 2.27. The fraction of sp³-hybridized carbons (Fsp3) is 0.208. The summed E-state index contributed by atoms with van der Waals surface area (Å²) in [6.45, 7) is 2.31. The molecule has 2 aromatic heterocycles. The number of ether oxygens (including phenoxy) is 2. The Morgan fingerprint density at radius 1 is 1.00 bits per heavy atom. The molecule has 0 unspecified atom stereocenters. The van der Waals surface area contributed by atoms with Gasteiger partial charge in [-0.3, -0.25) is 9.80 Å². The largest absolute Gasteiger partial charge is 0.424 e. The number of halogens is 1. The third-order valence-corrected chi connectivity index (χ3v) is 5.45. The van der Waals surface area contributed by atoms with E-state index in [1.165, 1.54) is 12.1 Å². The van der Waals surface area contributed by atoms with Crippen molar-refractivity contribution in [2.45, 2.75) is 0 Å². The van der Waals surface area contributed by atoms with Gasteiger partial charge in [0.25, 0.3) is 5.56 Å². The van der Waals surface area contributed by atoms with Gasteiger partial charge in [0, 0.05) is 13.2 Å². The maximum atomic E-state index is 13.6. The van der Waals surface area contributed by atoms with Crippen LogP contribution in [0.5, 0.6) is 11.8 Å². The number of morpholine rings is 1. The molecule has 0 amide bonds. The predicted octanol–water partition coefficient (Wildman–Crippen LogP) is 3.21. The lowest BCUT2D eigenvalue weighted by Gasteiger charge is -2.32. The Morgan fingerprint density at radius 2 is 1.73 bits per heavy atom. The summed E-state index contributed by atoms with van der Waals surface area (Å²) in [6.07, 6.45) is 1.59. The average Bonchev–Trinajstić information content (AvgIpc) is 3.11. The fourth-order valence-corrected chi connectivity index (χ4v) is 3.90. The van der Waals surface area contributed by atoms with Gasteiger partial charge in [-0.15, -0.1) is 0 Å². The van der Waals surface area contributed by atoms with Gasteiger partial charge in [-0.05, 0) is 35.9 Å². The number of nitrogens with zero attached hydrogens (tertiary/aromatic N) is 5. The van der Waals surface area contributed by atoms with Crippen molar-refractivity contribution >= 4 is 0 Å². The first-order chi connectivity index (χ1) is 16.1. The number of para-hydroxylation sites is 1. The summed E-state index contributed by atoms with van der Waals surface area (Å²) in [6, 6.07) is 17.0. The molecule has 33 heavy (non-hydrogen) atoms. The van der Waals surface area contributed by atoms with Crippen LogP contribution in [0.3, 0.4) is 0 Å². The third-order valence-electron chi connectivity index (χ3n) is 5.45. The van der Waals surface area contributed by atoms with Crippen molar-refractivity contribution < 1.29 is 13.9 Å². The minimum atomic E-state index is -0.370. The van der Waals surface area contributed by atoms with E-state index in [1.54, 1.807) is 36.1 Å². The average molecular weight is 447 g/mol. The molecule has 168 valence electrons. The molecule has 0 spiro atoms. The van der Waals surface area contributed by atoms with E-state index in [1.807, 2.05) is 40.1 Å². The smallest absolute Gasteiger partial charge is 0.322 e. The first-order valence-corrected chi connectivity index (χ1v) is 10.6. The number of benzene rings is 2. The van der Waals surface area contributed by atoms with Crippen LogP contribution in [0.4, 0.5) is 4.39 Å². The van der Waals surface area contributed by atoms with Crippen LogP contribution >= 0.6 is 0 Å². The molecule has 1 saturated heterocycles. The third kappa shape index (κ3) is 4.10. The van der Waals surface area contributed by atoms with Gasteiger partial charge in [0.2, 0.25) is 0 Å².